The largest absolute Gasteiger partial charge is 0.280 e. The van der Waals surface area contributed by atoms with Crippen molar-refractivity contribution < 1.29 is 8.42 Å². The summed E-state index contributed by atoms with van der Waals surface area (Å²) >= 11 is 1.66. The zero-order valence-electron chi connectivity index (χ0n) is 14.7. The highest BCUT2D eigenvalue weighted by molar-refractivity contribution is 7.92. The number of nitrogens with one attached hydrogen (secondary N) is 1. The predicted molar refractivity (Wildman–Crippen MR) is 111 cm³/mol. The first kappa shape index (κ1) is 18.2. The van der Waals surface area contributed by atoms with Gasteiger partial charge < -0.3 is 0 Å². The molecule has 1 heterocycles. The number of fused-ring (bicyclic) bond motifs is 1. The highest BCUT2D eigenvalue weighted by Gasteiger charge is 2.14. The van der Waals surface area contributed by atoms with Crippen molar-refractivity contribution in [1.82, 2.24) is 4.98 Å². The number of hydrogen-bond donors (Lipinski definition) is 1. The zero-order chi connectivity index (χ0) is 19.6. The van der Waals surface area contributed by atoms with Crippen molar-refractivity contribution in [2.24, 2.45) is 0 Å². The molecular weight excluding hydrogens is 390 g/mol. The summed E-state index contributed by atoms with van der Waals surface area (Å²) in [4.78, 5) is 4.74. The first-order valence-electron chi connectivity index (χ1n) is 8.50. The minimum absolute atomic E-state index is 0.116. The molecule has 0 bridgehead atoms. The van der Waals surface area contributed by atoms with E-state index in [2.05, 4.69) is 15.8 Å². The van der Waals surface area contributed by atoms with E-state index in [0.29, 0.717) is 17.7 Å². The summed E-state index contributed by atoms with van der Waals surface area (Å²) in [7, 11) is -3.70. The molecule has 1 aromatic heterocycles. The van der Waals surface area contributed by atoms with Crippen molar-refractivity contribution >= 4 is 37.3 Å². The smallest absolute Gasteiger partial charge is 0.261 e. The first-order chi connectivity index (χ1) is 13.5. The average molecular weight is 406 g/mol. The maximum atomic E-state index is 12.5. The number of thiazole rings is 1. The SMILES string of the molecule is N#Cc1ccc(S(=O)(=O)Nc2ccc(Cc3nc4ccccc4s3)cc2)cc1. The van der Waals surface area contributed by atoms with Crippen LogP contribution >= 0.6 is 11.3 Å². The first-order valence-corrected chi connectivity index (χ1v) is 10.8. The molecule has 4 aromatic rings. The number of rotatable bonds is 5. The van der Waals surface area contributed by atoms with Crippen LogP contribution in [0.3, 0.4) is 0 Å². The van der Waals surface area contributed by atoms with Gasteiger partial charge in [0, 0.05) is 12.1 Å². The topological polar surface area (TPSA) is 82.8 Å². The molecule has 0 radical (unpaired) electrons. The fourth-order valence-corrected chi connectivity index (χ4v) is 4.84. The van der Waals surface area contributed by atoms with E-state index in [-0.39, 0.29) is 4.90 Å². The van der Waals surface area contributed by atoms with Gasteiger partial charge in [0.05, 0.1) is 31.8 Å². The van der Waals surface area contributed by atoms with Crippen LogP contribution in [0.15, 0.2) is 77.7 Å². The molecule has 0 unspecified atom stereocenters. The second-order valence-corrected chi connectivity index (χ2v) is 8.99. The monoisotopic (exact) mass is 405 g/mol. The number of aromatic nitrogens is 1. The molecule has 0 saturated carbocycles. The molecule has 138 valence electrons. The Labute approximate surface area is 167 Å². The number of sulfonamides is 1. The summed E-state index contributed by atoms with van der Waals surface area (Å²) in [6.07, 6.45) is 0.696. The van der Waals surface area contributed by atoms with Gasteiger partial charge in [-0.2, -0.15) is 5.26 Å². The van der Waals surface area contributed by atoms with Crippen molar-refractivity contribution in [1.29, 1.82) is 5.26 Å². The van der Waals surface area contributed by atoms with Crippen molar-refractivity contribution in [2.45, 2.75) is 11.3 Å². The normalized spacial score (nSPS) is 11.2. The maximum absolute atomic E-state index is 12.5. The molecule has 0 aliphatic rings. The molecule has 7 heteroatoms. The van der Waals surface area contributed by atoms with Gasteiger partial charge in [-0.25, -0.2) is 13.4 Å². The Bertz CT molecular complexity index is 1240. The van der Waals surface area contributed by atoms with Gasteiger partial charge in [0.25, 0.3) is 10.0 Å². The molecule has 28 heavy (non-hydrogen) atoms. The summed E-state index contributed by atoms with van der Waals surface area (Å²) in [5.74, 6) is 0. The maximum Gasteiger partial charge on any atom is 0.261 e. The number of nitrogens with zero attached hydrogens (tertiary/aromatic N) is 2. The molecule has 0 saturated heterocycles. The fourth-order valence-electron chi connectivity index (χ4n) is 2.78. The van der Waals surface area contributed by atoms with Crippen molar-refractivity contribution in [3.8, 4) is 6.07 Å². The van der Waals surface area contributed by atoms with Crippen LogP contribution in [0.5, 0.6) is 0 Å². The molecule has 0 atom stereocenters. The Morgan fingerprint density at radius 3 is 2.36 bits per heavy atom. The quantitative estimate of drug-likeness (QED) is 0.528. The van der Waals surface area contributed by atoms with Crippen LogP contribution < -0.4 is 4.72 Å². The number of nitriles is 1. The fraction of sp³-hybridized carbons (Fsp3) is 0.0476. The van der Waals surface area contributed by atoms with Crippen LogP contribution in [-0.2, 0) is 16.4 Å². The standard InChI is InChI=1S/C21H15N3O2S2/c22-14-16-7-11-18(12-8-16)28(25,26)24-17-9-5-15(6-10-17)13-21-23-19-3-1-2-4-20(19)27-21/h1-12,24H,13H2. The van der Waals surface area contributed by atoms with E-state index in [1.165, 1.54) is 24.3 Å². The van der Waals surface area contributed by atoms with Gasteiger partial charge in [-0.15, -0.1) is 11.3 Å². The number of benzene rings is 3. The molecular formula is C21H15N3O2S2. The molecule has 5 nitrogen and oxygen atoms in total. The van der Waals surface area contributed by atoms with E-state index >= 15 is 0 Å². The van der Waals surface area contributed by atoms with Crippen LogP contribution in [0.2, 0.25) is 0 Å². The van der Waals surface area contributed by atoms with Crippen molar-refractivity contribution in [3.63, 3.8) is 0 Å². The van der Waals surface area contributed by atoms with Crippen molar-refractivity contribution in [2.75, 3.05) is 4.72 Å². The van der Waals surface area contributed by atoms with Crippen LogP contribution in [0.1, 0.15) is 16.1 Å². The van der Waals surface area contributed by atoms with Crippen LogP contribution in [0.25, 0.3) is 10.2 Å². The van der Waals surface area contributed by atoms with E-state index in [9.17, 15) is 8.42 Å². The Morgan fingerprint density at radius 1 is 0.964 bits per heavy atom. The summed E-state index contributed by atoms with van der Waals surface area (Å²) in [5.41, 5.74) is 2.95. The van der Waals surface area contributed by atoms with Gasteiger partial charge in [-0.1, -0.05) is 24.3 Å². The lowest BCUT2D eigenvalue weighted by Crippen LogP contribution is -2.12. The van der Waals surface area contributed by atoms with Gasteiger partial charge >= 0.3 is 0 Å². The van der Waals surface area contributed by atoms with E-state index in [1.54, 1.807) is 23.5 Å². The Hall–Kier alpha value is -3.21. The minimum Gasteiger partial charge on any atom is -0.280 e. The average Bonchev–Trinajstić information content (AvgIpc) is 3.11. The second kappa shape index (κ2) is 7.43. The lowest BCUT2D eigenvalue weighted by molar-refractivity contribution is 0.601. The Kier molecular flexibility index (Phi) is 4.82. The van der Waals surface area contributed by atoms with Crippen molar-refractivity contribution in [3.05, 3.63) is 88.9 Å². The van der Waals surface area contributed by atoms with Crippen LogP contribution in [0, 0.1) is 11.3 Å². The summed E-state index contributed by atoms with van der Waals surface area (Å²) in [6, 6.07) is 23.1. The predicted octanol–water partition coefficient (Wildman–Crippen LogP) is 4.56. The van der Waals surface area contributed by atoms with Gasteiger partial charge in [-0.3, -0.25) is 4.72 Å². The lowest BCUT2D eigenvalue weighted by atomic mass is 10.1. The highest BCUT2D eigenvalue weighted by atomic mass is 32.2. The van der Waals surface area contributed by atoms with Crippen LogP contribution in [0.4, 0.5) is 5.69 Å². The van der Waals surface area contributed by atoms with E-state index in [0.717, 1.165) is 20.8 Å². The third-order valence-corrected chi connectivity index (χ3v) is 6.63. The zero-order valence-corrected chi connectivity index (χ0v) is 16.3. The van der Waals surface area contributed by atoms with Gasteiger partial charge in [0.15, 0.2) is 0 Å². The highest BCUT2D eigenvalue weighted by Crippen LogP contribution is 2.24. The summed E-state index contributed by atoms with van der Waals surface area (Å²) in [6.45, 7) is 0. The van der Waals surface area contributed by atoms with Crippen LogP contribution in [-0.4, -0.2) is 13.4 Å². The Morgan fingerprint density at radius 2 is 1.68 bits per heavy atom. The third-order valence-electron chi connectivity index (χ3n) is 4.19. The third kappa shape index (κ3) is 3.88. The number of hydrogen-bond acceptors (Lipinski definition) is 5. The van der Waals surface area contributed by atoms with Gasteiger partial charge in [0.1, 0.15) is 0 Å². The number of anilines is 1. The molecule has 0 aliphatic heterocycles. The molecule has 0 aliphatic carbocycles. The minimum atomic E-state index is -3.70. The second-order valence-electron chi connectivity index (χ2n) is 6.19. The van der Waals surface area contributed by atoms with E-state index < -0.39 is 10.0 Å². The van der Waals surface area contributed by atoms with E-state index in [1.807, 2.05) is 36.4 Å². The summed E-state index contributed by atoms with van der Waals surface area (Å²) < 4.78 is 28.7. The van der Waals surface area contributed by atoms with E-state index in [4.69, 9.17) is 5.26 Å². The molecule has 0 amide bonds. The molecule has 3 aromatic carbocycles. The molecule has 1 N–H and O–H groups in total. The molecule has 0 fully saturated rings. The lowest BCUT2D eigenvalue weighted by Gasteiger charge is -2.09. The number of para-hydroxylation sites is 1. The Balaban J connectivity index is 1.48. The van der Waals surface area contributed by atoms with Gasteiger partial charge in [-0.05, 0) is 54.1 Å². The molecule has 4 rings (SSSR count). The molecule has 0 spiro atoms. The van der Waals surface area contributed by atoms with Gasteiger partial charge in [0.2, 0.25) is 0 Å². The summed E-state index contributed by atoms with van der Waals surface area (Å²) in [5, 5.41) is 9.84.